The highest BCUT2D eigenvalue weighted by Gasteiger charge is 2.34. The van der Waals surface area contributed by atoms with Gasteiger partial charge >= 0.3 is 0 Å². The van der Waals surface area contributed by atoms with Crippen molar-refractivity contribution >= 4 is 0 Å². The van der Waals surface area contributed by atoms with Gasteiger partial charge in [0.05, 0.1) is 18.3 Å². The normalized spacial score (nSPS) is 14.8. The SMILES string of the molecule is CCC(CC)(OC)C(O)COC(C)C. The lowest BCUT2D eigenvalue weighted by molar-refractivity contribution is -0.137. The second-order valence-electron chi connectivity index (χ2n) is 3.87. The maximum Gasteiger partial charge on any atom is 0.106 e. The van der Waals surface area contributed by atoms with Crippen molar-refractivity contribution in [2.75, 3.05) is 13.7 Å². The molecule has 86 valence electrons. The van der Waals surface area contributed by atoms with Crippen LogP contribution in [0.1, 0.15) is 40.5 Å². The summed E-state index contributed by atoms with van der Waals surface area (Å²) in [4.78, 5) is 0. The van der Waals surface area contributed by atoms with Gasteiger partial charge in [-0.15, -0.1) is 0 Å². The Labute approximate surface area is 87.4 Å². The summed E-state index contributed by atoms with van der Waals surface area (Å²) in [5.41, 5.74) is -0.450. The summed E-state index contributed by atoms with van der Waals surface area (Å²) in [5, 5.41) is 9.96. The number of hydrogen-bond donors (Lipinski definition) is 1. The number of aliphatic hydroxyl groups excluding tert-OH is 1. The molecule has 0 rings (SSSR count). The predicted octanol–water partition coefficient (Wildman–Crippen LogP) is 1.98. The number of methoxy groups -OCH3 is 1. The molecule has 0 aliphatic carbocycles. The lowest BCUT2D eigenvalue weighted by Gasteiger charge is -2.35. The first-order valence-corrected chi connectivity index (χ1v) is 5.37. The van der Waals surface area contributed by atoms with Crippen LogP contribution in [0.3, 0.4) is 0 Å². The zero-order chi connectivity index (χ0) is 11.2. The van der Waals surface area contributed by atoms with Gasteiger partial charge in [0.15, 0.2) is 0 Å². The Hall–Kier alpha value is -0.120. The number of ether oxygens (including phenoxy) is 2. The third-order valence-electron chi connectivity index (χ3n) is 2.80. The monoisotopic (exact) mass is 204 g/mol. The fourth-order valence-electron chi connectivity index (χ4n) is 1.58. The van der Waals surface area contributed by atoms with E-state index in [2.05, 4.69) is 0 Å². The molecular formula is C11H24O3. The molecule has 14 heavy (non-hydrogen) atoms. The smallest absolute Gasteiger partial charge is 0.106 e. The van der Waals surface area contributed by atoms with Gasteiger partial charge < -0.3 is 14.6 Å². The summed E-state index contributed by atoms with van der Waals surface area (Å²) in [6.07, 6.45) is 1.18. The lowest BCUT2D eigenvalue weighted by Crippen LogP contribution is -2.46. The third-order valence-corrected chi connectivity index (χ3v) is 2.80. The molecule has 0 aromatic carbocycles. The molecule has 0 spiro atoms. The van der Waals surface area contributed by atoms with Crippen molar-refractivity contribution in [2.45, 2.75) is 58.3 Å². The van der Waals surface area contributed by atoms with Crippen LogP contribution in [-0.2, 0) is 9.47 Å². The summed E-state index contributed by atoms with van der Waals surface area (Å²) in [7, 11) is 1.64. The Morgan fingerprint density at radius 3 is 2.00 bits per heavy atom. The highest BCUT2D eigenvalue weighted by Crippen LogP contribution is 2.24. The van der Waals surface area contributed by atoms with Crippen LogP contribution >= 0.6 is 0 Å². The quantitative estimate of drug-likeness (QED) is 0.689. The predicted molar refractivity (Wildman–Crippen MR) is 57.4 cm³/mol. The minimum atomic E-state index is -0.551. The molecule has 0 amide bonds. The van der Waals surface area contributed by atoms with Gasteiger partial charge in [0.25, 0.3) is 0 Å². The molecule has 1 atom stereocenters. The fraction of sp³-hybridized carbons (Fsp3) is 1.00. The van der Waals surface area contributed by atoms with E-state index in [1.807, 2.05) is 27.7 Å². The average molecular weight is 204 g/mol. The van der Waals surface area contributed by atoms with Crippen molar-refractivity contribution in [1.29, 1.82) is 0 Å². The van der Waals surface area contributed by atoms with E-state index in [0.717, 1.165) is 12.8 Å². The first kappa shape index (κ1) is 13.9. The van der Waals surface area contributed by atoms with E-state index >= 15 is 0 Å². The van der Waals surface area contributed by atoms with Gasteiger partial charge in [0.1, 0.15) is 6.10 Å². The first-order chi connectivity index (χ1) is 6.52. The summed E-state index contributed by atoms with van der Waals surface area (Å²) in [6.45, 7) is 8.29. The second kappa shape index (κ2) is 6.38. The summed E-state index contributed by atoms with van der Waals surface area (Å²) >= 11 is 0. The Balaban J connectivity index is 4.21. The molecule has 3 nitrogen and oxygen atoms in total. The van der Waals surface area contributed by atoms with Gasteiger partial charge in [-0.1, -0.05) is 13.8 Å². The number of hydrogen-bond acceptors (Lipinski definition) is 3. The van der Waals surface area contributed by atoms with Gasteiger partial charge in [0.2, 0.25) is 0 Å². The standard InChI is InChI=1S/C11H24O3/c1-6-11(7-2,13-5)10(12)8-14-9(3)4/h9-10,12H,6-8H2,1-5H3. The average Bonchev–Trinajstić information content (AvgIpc) is 2.18. The summed E-state index contributed by atoms with van der Waals surface area (Å²) in [5.74, 6) is 0. The van der Waals surface area contributed by atoms with Crippen LogP contribution in [0.25, 0.3) is 0 Å². The van der Waals surface area contributed by atoms with Gasteiger partial charge in [-0.2, -0.15) is 0 Å². The van der Waals surface area contributed by atoms with E-state index in [-0.39, 0.29) is 6.10 Å². The number of rotatable bonds is 7. The van der Waals surface area contributed by atoms with Crippen molar-refractivity contribution < 1.29 is 14.6 Å². The lowest BCUT2D eigenvalue weighted by atomic mass is 9.91. The second-order valence-corrected chi connectivity index (χ2v) is 3.87. The zero-order valence-corrected chi connectivity index (χ0v) is 10.0. The van der Waals surface area contributed by atoms with Gasteiger partial charge in [-0.25, -0.2) is 0 Å². The molecule has 0 radical (unpaired) electrons. The van der Waals surface area contributed by atoms with Gasteiger partial charge in [-0.05, 0) is 26.7 Å². The molecule has 3 heteroatoms. The maximum atomic E-state index is 9.96. The molecule has 0 bridgehead atoms. The van der Waals surface area contributed by atoms with Crippen molar-refractivity contribution in [3.05, 3.63) is 0 Å². The molecule has 1 N–H and O–H groups in total. The summed E-state index contributed by atoms with van der Waals surface area (Å²) in [6, 6.07) is 0. The minimum absolute atomic E-state index is 0.146. The zero-order valence-electron chi connectivity index (χ0n) is 10.0. The summed E-state index contributed by atoms with van der Waals surface area (Å²) < 4.78 is 10.8. The minimum Gasteiger partial charge on any atom is -0.388 e. The van der Waals surface area contributed by atoms with Crippen LogP contribution in [0.4, 0.5) is 0 Å². The van der Waals surface area contributed by atoms with Gasteiger partial charge in [-0.3, -0.25) is 0 Å². The van der Waals surface area contributed by atoms with Crippen LogP contribution in [-0.4, -0.2) is 36.6 Å². The maximum absolute atomic E-state index is 9.96. The Morgan fingerprint density at radius 2 is 1.71 bits per heavy atom. The highest BCUT2D eigenvalue weighted by molar-refractivity contribution is 4.85. The topological polar surface area (TPSA) is 38.7 Å². The Bertz CT molecular complexity index is 133. The molecule has 0 saturated heterocycles. The molecule has 0 fully saturated rings. The van der Waals surface area contributed by atoms with E-state index in [4.69, 9.17) is 9.47 Å². The molecular weight excluding hydrogens is 180 g/mol. The van der Waals surface area contributed by atoms with Crippen LogP contribution in [0.2, 0.25) is 0 Å². The van der Waals surface area contributed by atoms with E-state index in [1.165, 1.54) is 0 Å². The molecule has 1 unspecified atom stereocenters. The van der Waals surface area contributed by atoms with Crippen LogP contribution in [0.5, 0.6) is 0 Å². The molecule has 0 saturated carbocycles. The van der Waals surface area contributed by atoms with E-state index in [0.29, 0.717) is 6.61 Å². The third kappa shape index (κ3) is 3.56. The largest absolute Gasteiger partial charge is 0.388 e. The van der Waals surface area contributed by atoms with Crippen LogP contribution in [0.15, 0.2) is 0 Å². The number of aliphatic hydroxyl groups is 1. The van der Waals surface area contributed by atoms with Gasteiger partial charge in [0, 0.05) is 7.11 Å². The van der Waals surface area contributed by atoms with Crippen molar-refractivity contribution in [1.82, 2.24) is 0 Å². The fourth-order valence-corrected chi connectivity index (χ4v) is 1.58. The first-order valence-electron chi connectivity index (χ1n) is 5.37. The highest BCUT2D eigenvalue weighted by atomic mass is 16.5. The molecule has 0 aliphatic rings. The van der Waals surface area contributed by atoms with Crippen molar-refractivity contribution in [3.8, 4) is 0 Å². The van der Waals surface area contributed by atoms with Crippen LogP contribution < -0.4 is 0 Å². The van der Waals surface area contributed by atoms with Crippen molar-refractivity contribution in [3.63, 3.8) is 0 Å². The van der Waals surface area contributed by atoms with E-state index < -0.39 is 11.7 Å². The van der Waals surface area contributed by atoms with E-state index in [9.17, 15) is 5.11 Å². The molecule has 0 aliphatic heterocycles. The molecule has 0 heterocycles. The molecule has 0 aromatic rings. The Kier molecular flexibility index (Phi) is 6.33. The Morgan fingerprint density at radius 1 is 1.21 bits per heavy atom. The molecule has 0 aromatic heterocycles. The van der Waals surface area contributed by atoms with Crippen LogP contribution in [0, 0.1) is 0 Å². The van der Waals surface area contributed by atoms with Crippen molar-refractivity contribution in [2.24, 2.45) is 0 Å². The van der Waals surface area contributed by atoms with E-state index in [1.54, 1.807) is 7.11 Å².